The van der Waals surface area contributed by atoms with Crippen LogP contribution in [0.25, 0.3) is 6.08 Å². The molecule has 35 heavy (non-hydrogen) atoms. The van der Waals surface area contributed by atoms with Gasteiger partial charge >= 0.3 is 17.9 Å². The number of unbranched alkanes of at least 4 members (excludes halogenated alkanes) is 1. The number of carboxylic acids is 1. The molecule has 8 nitrogen and oxygen atoms in total. The van der Waals surface area contributed by atoms with Crippen molar-refractivity contribution in [1.29, 1.82) is 0 Å². The first-order valence-electron chi connectivity index (χ1n) is 10.6. The van der Waals surface area contributed by atoms with Crippen LogP contribution < -0.4 is 0 Å². The fourth-order valence-corrected chi connectivity index (χ4v) is 1.23. The maximum atomic E-state index is 10.5. The molecule has 0 aliphatic carbocycles. The largest absolute Gasteiger partial charge is 0.478 e. The molecule has 1 aromatic carbocycles. The third-order valence-corrected chi connectivity index (χ3v) is 3.09. The molecule has 3 N–H and O–H groups in total. The first-order valence-corrected chi connectivity index (χ1v) is 11.2. The minimum Gasteiger partial charge on any atom is -0.478 e. The number of hydrogen-bond acceptors (Lipinski definition) is 8. The molecule has 9 heteroatoms. The molecule has 1 aromatic rings. The molecular formula is C26H40O8S. The number of aliphatic hydroxyl groups excluding tert-OH is 2. The maximum Gasteiger partial charge on any atom is 0.333 e. The highest BCUT2D eigenvalue weighted by Crippen LogP contribution is 1.97. The average Bonchev–Trinajstić information content (AvgIpc) is 2.88. The summed E-state index contributed by atoms with van der Waals surface area (Å²) in [5.74, 6) is -1.20. The Bertz CT molecular complexity index is 699. The monoisotopic (exact) mass is 512 g/mol. The molecule has 0 spiro atoms. The highest BCUT2D eigenvalue weighted by molar-refractivity contribution is 7.80. The van der Waals surface area contributed by atoms with E-state index in [9.17, 15) is 14.4 Å². The molecule has 0 bridgehead atoms. The van der Waals surface area contributed by atoms with Crippen LogP contribution in [0.4, 0.5) is 0 Å². The second-order valence-corrected chi connectivity index (χ2v) is 6.42. The smallest absolute Gasteiger partial charge is 0.333 e. The highest BCUT2D eigenvalue weighted by atomic mass is 32.1. The maximum absolute atomic E-state index is 10.5. The molecule has 198 valence electrons. The van der Waals surface area contributed by atoms with Crippen LogP contribution in [-0.4, -0.2) is 65.4 Å². The van der Waals surface area contributed by atoms with Crippen LogP contribution in [0, 0.1) is 0 Å². The van der Waals surface area contributed by atoms with Crippen LogP contribution in [0.1, 0.15) is 32.3 Å². The molecule has 0 saturated heterocycles. The van der Waals surface area contributed by atoms with Crippen molar-refractivity contribution in [2.45, 2.75) is 26.7 Å². The lowest BCUT2D eigenvalue weighted by Gasteiger charge is -1.99. The lowest BCUT2D eigenvalue weighted by atomic mass is 10.2. The van der Waals surface area contributed by atoms with Crippen molar-refractivity contribution in [2.75, 3.05) is 32.2 Å². The number of hydrogen-bond donors (Lipinski definition) is 4. The topological polar surface area (TPSA) is 130 Å². The molecule has 0 aliphatic rings. The number of carbonyl (C=O) groups is 3. The second kappa shape index (κ2) is 33.0. The quantitative estimate of drug-likeness (QED) is 0.159. The van der Waals surface area contributed by atoms with Gasteiger partial charge in [0.1, 0.15) is 6.61 Å². The van der Waals surface area contributed by atoms with Gasteiger partial charge in [-0.25, -0.2) is 14.4 Å². The third kappa shape index (κ3) is 41.6. The second-order valence-electron chi connectivity index (χ2n) is 5.97. The van der Waals surface area contributed by atoms with E-state index in [0.29, 0.717) is 17.9 Å². The van der Waals surface area contributed by atoms with Crippen LogP contribution >= 0.6 is 12.6 Å². The summed E-state index contributed by atoms with van der Waals surface area (Å²) in [5, 5.41) is 23.6. The van der Waals surface area contributed by atoms with Crippen molar-refractivity contribution < 1.29 is 39.2 Å². The number of aliphatic hydroxyl groups is 2. The van der Waals surface area contributed by atoms with E-state index >= 15 is 0 Å². The number of carboxylic acid groups (broad SMARTS) is 1. The van der Waals surface area contributed by atoms with Gasteiger partial charge in [-0.2, -0.15) is 12.6 Å². The van der Waals surface area contributed by atoms with Crippen molar-refractivity contribution in [3.8, 4) is 0 Å². The Kier molecular flexibility index (Phi) is 36.9. The fourth-order valence-electron chi connectivity index (χ4n) is 1.23. The predicted octanol–water partition coefficient (Wildman–Crippen LogP) is 4.11. The van der Waals surface area contributed by atoms with Crippen molar-refractivity contribution in [3.05, 3.63) is 79.9 Å². The van der Waals surface area contributed by atoms with Crippen LogP contribution in [0.5, 0.6) is 0 Å². The Morgan fingerprint density at radius 3 is 1.77 bits per heavy atom. The molecule has 0 atom stereocenters. The lowest BCUT2D eigenvalue weighted by molar-refractivity contribution is -0.140. The highest BCUT2D eigenvalue weighted by Gasteiger charge is 1.99. The summed E-state index contributed by atoms with van der Waals surface area (Å²) in [6.07, 6.45) is 5.82. The lowest BCUT2D eigenvalue weighted by Crippen LogP contribution is -2.08. The zero-order valence-electron chi connectivity index (χ0n) is 20.7. The summed E-state index contributed by atoms with van der Waals surface area (Å²) in [4.78, 5) is 30.1. The van der Waals surface area contributed by atoms with E-state index in [0.717, 1.165) is 18.9 Å². The third-order valence-electron chi connectivity index (χ3n) is 2.89. The number of carbonyl (C=O) groups excluding carboxylic acids is 2. The summed E-state index contributed by atoms with van der Waals surface area (Å²) in [6.45, 7) is 17.4. The zero-order chi connectivity index (χ0) is 27.9. The van der Waals surface area contributed by atoms with Crippen molar-refractivity contribution in [3.63, 3.8) is 0 Å². The number of thiol groups is 1. The molecule has 0 unspecified atom stereocenters. The molecular weight excluding hydrogens is 472 g/mol. The molecule has 0 radical (unpaired) electrons. The van der Waals surface area contributed by atoms with E-state index in [4.69, 9.17) is 15.3 Å². The van der Waals surface area contributed by atoms with Crippen LogP contribution in [0.15, 0.2) is 74.4 Å². The summed E-state index contributed by atoms with van der Waals surface area (Å²) in [7, 11) is 0. The summed E-state index contributed by atoms with van der Waals surface area (Å²) >= 11 is 3.67. The molecule has 0 aromatic heterocycles. The van der Waals surface area contributed by atoms with Gasteiger partial charge in [0.25, 0.3) is 0 Å². The number of rotatable bonds is 10. The summed E-state index contributed by atoms with van der Waals surface area (Å²) in [5.41, 5.74) is 1.52. The number of ether oxygens (including phenoxy) is 2. The standard InChI is InChI=1S/C8H8.C7H12O2.C6H10O3.C3H4O2.C2H6OS/c1-2-8-6-4-3-5-7-8;1-3-5-6-9-7(8)4-2;1-5(2)6(8)9-4-3-7;1-2-3(4)5;3-1-2-4/h2-7H,1H2;4H,2-3,5-6H2,1H3;7H,1,3-4H2,2H3;2H,1H2,(H,4,5);3-4H,1-2H2. The molecule has 0 fully saturated rings. The van der Waals surface area contributed by atoms with Crippen molar-refractivity contribution in [2.24, 2.45) is 0 Å². The minimum atomic E-state index is -0.981. The Morgan fingerprint density at radius 1 is 0.971 bits per heavy atom. The first-order chi connectivity index (χ1) is 16.6. The SMILES string of the molecule is C=C(C)C(=O)OCCO.C=CC(=O)O.C=CC(=O)OCCCC.C=Cc1ccccc1.OCCS. The Balaban J connectivity index is -0.000000177. The van der Waals surface area contributed by atoms with Gasteiger partial charge in [-0.15, -0.1) is 0 Å². The van der Waals surface area contributed by atoms with E-state index < -0.39 is 11.9 Å². The van der Waals surface area contributed by atoms with Gasteiger partial charge in [-0.3, -0.25) is 0 Å². The van der Waals surface area contributed by atoms with Crippen molar-refractivity contribution >= 4 is 36.6 Å². The van der Waals surface area contributed by atoms with E-state index in [1.807, 2.05) is 43.3 Å². The molecule has 1 rings (SSSR count). The predicted molar refractivity (Wildman–Crippen MR) is 144 cm³/mol. The van der Waals surface area contributed by atoms with Crippen molar-refractivity contribution in [1.82, 2.24) is 0 Å². The molecule has 0 heterocycles. The normalized spacial score (nSPS) is 8.14. The van der Waals surface area contributed by atoms with E-state index in [1.165, 1.54) is 11.6 Å². The van der Waals surface area contributed by atoms with Gasteiger partial charge in [-0.05, 0) is 18.9 Å². The van der Waals surface area contributed by atoms with E-state index in [1.54, 1.807) is 6.92 Å². The Hall–Kier alpha value is -3.14. The summed E-state index contributed by atoms with van der Waals surface area (Å²) in [6, 6.07) is 10.0. The van der Waals surface area contributed by atoms with Gasteiger partial charge in [0, 0.05) is 23.5 Å². The van der Waals surface area contributed by atoms with Crippen LogP contribution in [-0.2, 0) is 23.9 Å². The fraction of sp³-hybridized carbons (Fsp3) is 0.346. The van der Waals surface area contributed by atoms with Gasteiger partial charge < -0.3 is 24.8 Å². The molecule has 0 aliphatic heterocycles. The van der Waals surface area contributed by atoms with E-state index in [-0.39, 0.29) is 25.8 Å². The minimum absolute atomic E-state index is 0.0473. The van der Waals surface area contributed by atoms with E-state index in [2.05, 4.69) is 48.4 Å². The number of esters is 2. The first kappa shape index (κ1) is 39.1. The average molecular weight is 513 g/mol. The van der Waals surface area contributed by atoms with Crippen LogP contribution in [0.2, 0.25) is 0 Å². The molecule has 0 amide bonds. The number of aliphatic carboxylic acids is 1. The molecule has 0 saturated carbocycles. The summed E-state index contributed by atoms with van der Waals surface area (Å²) < 4.78 is 9.14. The number of benzene rings is 1. The van der Waals surface area contributed by atoms with Gasteiger partial charge in [-0.1, -0.05) is 76.1 Å². The Morgan fingerprint density at radius 2 is 1.49 bits per heavy atom. The van der Waals surface area contributed by atoms with Gasteiger partial charge in [0.2, 0.25) is 0 Å². The van der Waals surface area contributed by atoms with Crippen LogP contribution in [0.3, 0.4) is 0 Å². The van der Waals surface area contributed by atoms with Gasteiger partial charge in [0.15, 0.2) is 0 Å². The Labute approximate surface area is 214 Å². The zero-order valence-corrected chi connectivity index (χ0v) is 21.6. The van der Waals surface area contributed by atoms with Gasteiger partial charge in [0.05, 0.1) is 19.8 Å².